The Morgan fingerprint density at radius 1 is 1.00 bits per heavy atom. The van der Waals surface area contributed by atoms with Gasteiger partial charge in [-0.3, -0.25) is 4.99 Å². The molecule has 1 unspecified atom stereocenters. The van der Waals surface area contributed by atoms with Gasteiger partial charge in [0.1, 0.15) is 6.17 Å². The van der Waals surface area contributed by atoms with Crippen LogP contribution >= 0.6 is 0 Å². The monoisotopic (exact) mass is 239 g/mol. The van der Waals surface area contributed by atoms with Crippen molar-refractivity contribution in [1.82, 2.24) is 5.32 Å². The van der Waals surface area contributed by atoms with Crippen LogP contribution in [0.5, 0.6) is 0 Å². The molecular weight excluding hydrogens is 222 g/mol. The number of rotatable bonds is 5. The van der Waals surface area contributed by atoms with Crippen LogP contribution in [0.3, 0.4) is 0 Å². The summed E-state index contributed by atoms with van der Waals surface area (Å²) in [4.78, 5) is 4.25. The summed E-state index contributed by atoms with van der Waals surface area (Å²) in [7, 11) is 0. The van der Waals surface area contributed by atoms with Gasteiger partial charge >= 0.3 is 0 Å². The fraction of sp³-hybridized carbons (Fsp3) is 0.133. The number of nitrogens with one attached hydrogen (secondary N) is 1. The second-order valence-corrected chi connectivity index (χ2v) is 4.00. The van der Waals surface area contributed by atoms with E-state index in [1.807, 2.05) is 48.5 Å². The molecule has 0 heterocycles. The second kappa shape index (κ2) is 6.57. The molecule has 1 atom stereocenters. The van der Waals surface area contributed by atoms with Crippen LogP contribution < -0.4 is 11.1 Å². The first-order chi connectivity index (χ1) is 8.86. The lowest BCUT2D eigenvalue weighted by Gasteiger charge is -2.06. The molecule has 0 aliphatic rings. The maximum Gasteiger partial charge on any atom is 0.124 e. The minimum Gasteiger partial charge on any atom is -0.372 e. The van der Waals surface area contributed by atoms with E-state index in [1.54, 1.807) is 6.34 Å². The first-order valence-electron chi connectivity index (χ1n) is 5.96. The summed E-state index contributed by atoms with van der Waals surface area (Å²) in [6.07, 6.45) is 1.36. The summed E-state index contributed by atoms with van der Waals surface area (Å²) in [5.74, 6) is 0. The van der Waals surface area contributed by atoms with Crippen molar-refractivity contribution >= 4 is 6.34 Å². The third-order valence-corrected chi connectivity index (χ3v) is 2.62. The minimum atomic E-state index is -0.311. The molecule has 0 saturated carbocycles. The molecule has 2 rings (SSSR count). The molecule has 0 aliphatic heterocycles. The molecule has 3 N–H and O–H groups in total. The zero-order valence-electron chi connectivity index (χ0n) is 10.2. The van der Waals surface area contributed by atoms with E-state index in [9.17, 15) is 0 Å². The van der Waals surface area contributed by atoms with Crippen LogP contribution in [-0.4, -0.2) is 6.34 Å². The van der Waals surface area contributed by atoms with E-state index in [2.05, 4.69) is 22.4 Å². The quantitative estimate of drug-likeness (QED) is 0.622. The summed E-state index contributed by atoms with van der Waals surface area (Å²) in [5.41, 5.74) is 8.17. The number of hydrogen-bond donors (Lipinski definition) is 2. The molecule has 0 fully saturated rings. The van der Waals surface area contributed by atoms with Crippen LogP contribution in [0.15, 0.2) is 65.7 Å². The van der Waals surface area contributed by atoms with Gasteiger partial charge in [0.2, 0.25) is 0 Å². The molecule has 2 aromatic carbocycles. The molecule has 2 aromatic rings. The van der Waals surface area contributed by atoms with E-state index in [0.29, 0.717) is 0 Å². The van der Waals surface area contributed by atoms with Gasteiger partial charge in [-0.1, -0.05) is 60.7 Å². The molecular formula is C15H17N3. The van der Waals surface area contributed by atoms with Crippen LogP contribution in [0, 0.1) is 0 Å². The predicted molar refractivity (Wildman–Crippen MR) is 75.1 cm³/mol. The van der Waals surface area contributed by atoms with E-state index in [-0.39, 0.29) is 6.17 Å². The van der Waals surface area contributed by atoms with Gasteiger partial charge in [0.15, 0.2) is 0 Å². The highest BCUT2D eigenvalue weighted by atomic mass is 15.0. The van der Waals surface area contributed by atoms with Crippen molar-refractivity contribution in [2.24, 2.45) is 10.7 Å². The van der Waals surface area contributed by atoms with E-state index >= 15 is 0 Å². The highest BCUT2D eigenvalue weighted by Gasteiger charge is 1.99. The Hall–Kier alpha value is -2.13. The molecule has 3 heteroatoms. The number of hydrogen-bond acceptors (Lipinski definition) is 2. The van der Waals surface area contributed by atoms with E-state index < -0.39 is 0 Å². The molecule has 0 amide bonds. The minimum absolute atomic E-state index is 0.311. The van der Waals surface area contributed by atoms with Crippen LogP contribution in [-0.2, 0) is 6.54 Å². The SMILES string of the molecule is NC(/N=C\NCc1ccccc1)c1ccccc1. The van der Waals surface area contributed by atoms with Gasteiger partial charge in [-0.25, -0.2) is 0 Å². The summed E-state index contributed by atoms with van der Waals surface area (Å²) in [6.45, 7) is 0.756. The molecule has 0 saturated heterocycles. The van der Waals surface area contributed by atoms with Gasteiger partial charge < -0.3 is 11.1 Å². The Kier molecular flexibility index (Phi) is 4.50. The standard InChI is InChI=1S/C15H17N3/c16-15(14-9-5-2-6-10-14)18-12-17-11-13-7-3-1-4-8-13/h1-10,12,15H,11,16H2,(H,17,18). The van der Waals surface area contributed by atoms with Gasteiger partial charge in [-0.15, -0.1) is 0 Å². The normalized spacial score (nSPS) is 12.5. The predicted octanol–water partition coefficient (Wildman–Crippen LogP) is 2.46. The summed E-state index contributed by atoms with van der Waals surface area (Å²) in [5, 5.41) is 3.13. The maximum absolute atomic E-state index is 5.94. The van der Waals surface area contributed by atoms with Crippen LogP contribution in [0.1, 0.15) is 17.3 Å². The van der Waals surface area contributed by atoms with Gasteiger partial charge in [-0.2, -0.15) is 0 Å². The Balaban J connectivity index is 1.82. The van der Waals surface area contributed by atoms with Crippen molar-refractivity contribution < 1.29 is 0 Å². The number of benzene rings is 2. The maximum atomic E-state index is 5.94. The highest BCUT2D eigenvalue weighted by molar-refractivity contribution is 5.55. The topological polar surface area (TPSA) is 50.4 Å². The lowest BCUT2D eigenvalue weighted by Crippen LogP contribution is -2.14. The third kappa shape index (κ3) is 3.71. The van der Waals surface area contributed by atoms with Gasteiger partial charge in [0, 0.05) is 6.54 Å². The number of nitrogens with zero attached hydrogens (tertiary/aromatic N) is 1. The van der Waals surface area contributed by atoms with E-state index in [1.165, 1.54) is 5.56 Å². The van der Waals surface area contributed by atoms with Crippen molar-refractivity contribution in [3.63, 3.8) is 0 Å². The first kappa shape index (κ1) is 12.3. The molecule has 0 bridgehead atoms. The Labute approximate surface area is 107 Å². The fourth-order valence-corrected chi connectivity index (χ4v) is 1.63. The van der Waals surface area contributed by atoms with Crippen molar-refractivity contribution in [3.05, 3.63) is 71.8 Å². The zero-order valence-corrected chi connectivity index (χ0v) is 10.2. The van der Waals surface area contributed by atoms with E-state index in [4.69, 9.17) is 5.73 Å². The average molecular weight is 239 g/mol. The van der Waals surface area contributed by atoms with Gasteiger partial charge in [-0.05, 0) is 11.1 Å². The van der Waals surface area contributed by atoms with Gasteiger partial charge in [0.25, 0.3) is 0 Å². The summed E-state index contributed by atoms with van der Waals surface area (Å²) < 4.78 is 0. The van der Waals surface area contributed by atoms with Gasteiger partial charge in [0.05, 0.1) is 6.34 Å². The third-order valence-electron chi connectivity index (χ3n) is 2.62. The van der Waals surface area contributed by atoms with Crippen LogP contribution in [0.4, 0.5) is 0 Å². The first-order valence-corrected chi connectivity index (χ1v) is 5.96. The van der Waals surface area contributed by atoms with Crippen molar-refractivity contribution in [2.75, 3.05) is 0 Å². The molecule has 0 aliphatic carbocycles. The number of aliphatic imine (C=N–C) groups is 1. The lowest BCUT2D eigenvalue weighted by atomic mass is 10.2. The molecule has 0 spiro atoms. The van der Waals surface area contributed by atoms with Crippen LogP contribution in [0.2, 0.25) is 0 Å². The largest absolute Gasteiger partial charge is 0.372 e. The smallest absolute Gasteiger partial charge is 0.124 e. The summed E-state index contributed by atoms with van der Waals surface area (Å²) in [6, 6.07) is 20.0. The Morgan fingerprint density at radius 2 is 1.61 bits per heavy atom. The highest BCUT2D eigenvalue weighted by Crippen LogP contribution is 2.09. The average Bonchev–Trinajstić information content (AvgIpc) is 2.45. The molecule has 18 heavy (non-hydrogen) atoms. The lowest BCUT2D eigenvalue weighted by molar-refractivity contribution is 0.768. The zero-order chi connectivity index (χ0) is 12.6. The van der Waals surface area contributed by atoms with E-state index in [0.717, 1.165) is 12.1 Å². The Morgan fingerprint density at radius 3 is 2.28 bits per heavy atom. The van der Waals surface area contributed by atoms with Crippen molar-refractivity contribution in [1.29, 1.82) is 0 Å². The molecule has 3 nitrogen and oxygen atoms in total. The van der Waals surface area contributed by atoms with Crippen LogP contribution in [0.25, 0.3) is 0 Å². The van der Waals surface area contributed by atoms with Crippen molar-refractivity contribution in [2.45, 2.75) is 12.7 Å². The van der Waals surface area contributed by atoms with Crippen molar-refractivity contribution in [3.8, 4) is 0 Å². The Bertz CT molecular complexity index is 480. The molecule has 0 radical (unpaired) electrons. The molecule has 92 valence electrons. The summed E-state index contributed by atoms with van der Waals surface area (Å²) >= 11 is 0. The molecule has 0 aromatic heterocycles. The number of nitrogens with two attached hydrogens (primary N) is 1. The second-order valence-electron chi connectivity index (χ2n) is 4.00. The fourth-order valence-electron chi connectivity index (χ4n) is 1.63.